The molecule has 0 atom stereocenters. The van der Waals surface area contributed by atoms with E-state index >= 15 is 4.39 Å². The molecule has 234 valence electrons. The Morgan fingerprint density at radius 2 is 1.76 bits per heavy atom. The summed E-state index contributed by atoms with van der Waals surface area (Å²) in [5.41, 5.74) is 5.52. The fourth-order valence-corrected chi connectivity index (χ4v) is 6.61. The van der Waals surface area contributed by atoms with Crippen LogP contribution in [0.1, 0.15) is 29.5 Å². The fraction of sp³-hybridized carbons (Fsp3) is 0.361. The Morgan fingerprint density at radius 3 is 2.53 bits per heavy atom. The van der Waals surface area contributed by atoms with E-state index in [-0.39, 0.29) is 11.1 Å². The lowest BCUT2D eigenvalue weighted by molar-refractivity contribution is 0.122. The van der Waals surface area contributed by atoms with Gasteiger partial charge in [0, 0.05) is 73.8 Å². The molecule has 0 aliphatic carbocycles. The van der Waals surface area contributed by atoms with Crippen molar-refractivity contribution in [1.29, 1.82) is 0 Å². The predicted octanol–water partition coefficient (Wildman–Crippen LogP) is 5.84. The Balaban J connectivity index is 1.01. The molecular formula is C36H39FN4O4. The highest BCUT2D eigenvalue weighted by Gasteiger charge is 2.26. The van der Waals surface area contributed by atoms with Gasteiger partial charge in [-0.3, -0.25) is 4.79 Å². The summed E-state index contributed by atoms with van der Waals surface area (Å²) in [6, 6.07) is 21.5. The number of benzene rings is 3. The number of fused-ring (bicyclic) bond motifs is 2. The quantitative estimate of drug-likeness (QED) is 0.229. The number of hydrogen-bond donors (Lipinski definition) is 2. The molecule has 0 saturated carbocycles. The maximum absolute atomic E-state index is 15.4. The minimum Gasteiger partial charge on any atom is -0.497 e. The van der Waals surface area contributed by atoms with Crippen LogP contribution in [0.4, 0.5) is 15.8 Å². The Morgan fingerprint density at radius 1 is 0.956 bits per heavy atom. The fourth-order valence-electron chi connectivity index (χ4n) is 6.61. The van der Waals surface area contributed by atoms with Crippen molar-refractivity contribution in [1.82, 2.24) is 9.88 Å². The van der Waals surface area contributed by atoms with Crippen LogP contribution < -0.4 is 25.2 Å². The lowest BCUT2D eigenvalue weighted by Crippen LogP contribution is -2.40. The zero-order valence-corrected chi connectivity index (χ0v) is 25.6. The van der Waals surface area contributed by atoms with Crippen LogP contribution in [-0.4, -0.2) is 69.0 Å². The molecule has 0 amide bonds. The van der Waals surface area contributed by atoms with E-state index in [0.717, 1.165) is 67.1 Å². The summed E-state index contributed by atoms with van der Waals surface area (Å²) in [7, 11) is 1.69. The van der Waals surface area contributed by atoms with Crippen LogP contribution in [0.2, 0.25) is 0 Å². The SMILES string of the molecule is COc1ccc(CCN2CCC(Nc3ccc4c(c3)Cc3ccc(F)c(-c5cc(N6CCOCC6)cc(=O)[nH]5)c3O4)CC2)cc1. The summed E-state index contributed by atoms with van der Waals surface area (Å²) in [5.74, 6) is 1.63. The van der Waals surface area contributed by atoms with Gasteiger partial charge < -0.3 is 34.3 Å². The minimum absolute atomic E-state index is 0.277. The molecule has 2 fully saturated rings. The number of likely N-dealkylation sites (tertiary alicyclic amines) is 1. The number of nitrogens with zero attached hydrogens (tertiary/aromatic N) is 2. The van der Waals surface area contributed by atoms with Gasteiger partial charge in [0.15, 0.2) is 0 Å². The first-order valence-corrected chi connectivity index (χ1v) is 15.8. The molecule has 3 aromatic carbocycles. The van der Waals surface area contributed by atoms with Gasteiger partial charge in [0.05, 0.1) is 31.6 Å². The Kier molecular flexibility index (Phi) is 8.45. The summed E-state index contributed by atoms with van der Waals surface area (Å²) in [6.45, 7) is 5.75. The zero-order chi connectivity index (χ0) is 30.8. The van der Waals surface area contributed by atoms with E-state index in [1.54, 1.807) is 19.2 Å². The van der Waals surface area contributed by atoms with Gasteiger partial charge in [0.1, 0.15) is 23.1 Å². The first-order chi connectivity index (χ1) is 22.0. The van der Waals surface area contributed by atoms with Gasteiger partial charge in [-0.2, -0.15) is 0 Å². The highest BCUT2D eigenvalue weighted by Crippen LogP contribution is 2.44. The molecule has 0 spiro atoms. The second kappa shape index (κ2) is 12.9. The van der Waals surface area contributed by atoms with Crippen LogP contribution in [0.15, 0.2) is 71.5 Å². The van der Waals surface area contributed by atoms with Gasteiger partial charge in [-0.25, -0.2) is 4.39 Å². The van der Waals surface area contributed by atoms with Crippen molar-refractivity contribution in [2.75, 3.05) is 63.3 Å². The molecule has 0 radical (unpaired) electrons. The normalized spacial score (nSPS) is 16.9. The van der Waals surface area contributed by atoms with Crippen molar-refractivity contribution in [3.63, 3.8) is 0 Å². The summed E-state index contributed by atoms with van der Waals surface area (Å²) < 4.78 is 32.5. The van der Waals surface area contributed by atoms with Crippen LogP contribution in [0.5, 0.6) is 17.2 Å². The highest BCUT2D eigenvalue weighted by atomic mass is 19.1. The minimum atomic E-state index is -0.430. The number of methoxy groups -OCH3 is 1. The lowest BCUT2D eigenvalue weighted by atomic mass is 9.95. The standard InChI is InChI=1S/C36H39FN4O4/c1-43-30-6-2-24(3-7-30)10-13-40-14-11-27(12-15-40)38-28-5-9-33-26(21-28)20-25-4-8-31(37)35(36(25)45-33)32-22-29(23-34(42)39-32)41-16-18-44-19-17-41/h2-9,21-23,27,38H,10-20H2,1H3,(H,39,42). The third kappa shape index (κ3) is 6.55. The van der Waals surface area contributed by atoms with Crippen LogP contribution >= 0.6 is 0 Å². The van der Waals surface area contributed by atoms with Crippen LogP contribution in [-0.2, 0) is 17.6 Å². The average Bonchev–Trinajstić information content (AvgIpc) is 3.07. The lowest BCUT2D eigenvalue weighted by Gasteiger charge is -2.33. The zero-order valence-electron chi connectivity index (χ0n) is 25.6. The molecular weight excluding hydrogens is 571 g/mol. The van der Waals surface area contributed by atoms with Gasteiger partial charge in [0.25, 0.3) is 0 Å². The molecule has 7 rings (SSSR count). The van der Waals surface area contributed by atoms with Gasteiger partial charge in [-0.05, 0) is 67.3 Å². The van der Waals surface area contributed by atoms with E-state index in [1.165, 1.54) is 11.6 Å². The third-order valence-electron chi connectivity index (χ3n) is 9.15. The second-order valence-corrected chi connectivity index (χ2v) is 12.1. The summed E-state index contributed by atoms with van der Waals surface area (Å²) in [5, 5.41) is 3.74. The van der Waals surface area contributed by atoms with Crippen molar-refractivity contribution < 1.29 is 18.6 Å². The Bertz CT molecular complexity index is 1710. The molecule has 9 heteroatoms. The number of aromatic amines is 1. The maximum Gasteiger partial charge on any atom is 0.250 e. The number of ether oxygens (including phenoxy) is 3. The van der Waals surface area contributed by atoms with Crippen molar-refractivity contribution >= 4 is 11.4 Å². The summed E-state index contributed by atoms with van der Waals surface area (Å²) in [6.07, 6.45) is 3.83. The van der Waals surface area contributed by atoms with E-state index < -0.39 is 5.82 Å². The van der Waals surface area contributed by atoms with E-state index in [2.05, 4.69) is 38.3 Å². The number of halogens is 1. The molecule has 1 aromatic heterocycles. The molecule has 3 aliphatic heterocycles. The highest BCUT2D eigenvalue weighted by molar-refractivity contribution is 5.75. The Hall–Kier alpha value is -4.34. The van der Waals surface area contributed by atoms with Gasteiger partial charge in [-0.15, -0.1) is 0 Å². The molecule has 4 heterocycles. The van der Waals surface area contributed by atoms with Crippen LogP contribution in [0, 0.1) is 5.82 Å². The summed E-state index contributed by atoms with van der Waals surface area (Å²) in [4.78, 5) is 20.1. The van der Waals surface area contributed by atoms with Gasteiger partial charge >= 0.3 is 0 Å². The smallest absolute Gasteiger partial charge is 0.250 e. The van der Waals surface area contributed by atoms with Crippen molar-refractivity contribution in [2.45, 2.75) is 31.7 Å². The van der Waals surface area contributed by atoms with Crippen LogP contribution in [0.25, 0.3) is 11.3 Å². The number of H-pyrrole nitrogens is 1. The number of anilines is 2. The average molecular weight is 611 g/mol. The van der Waals surface area contributed by atoms with Crippen molar-refractivity contribution in [3.8, 4) is 28.5 Å². The van der Waals surface area contributed by atoms with Crippen molar-refractivity contribution in [2.24, 2.45) is 0 Å². The first-order valence-electron chi connectivity index (χ1n) is 15.8. The first kappa shape index (κ1) is 29.4. The number of pyridine rings is 1. The van der Waals surface area contributed by atoms with Crippen LogP contribution in [0.3, 0.4) is 0 Å². The predicted molar refractivity (Wildman–Crippen MR) is 175 cm³/mol. The third-order valence-corrected chi connectivity index (χ3v) is 9.15. The number of morpholine rings is 1. The van der Waals surface area contributed by atoms with E-state index in [1.807, 2.05) is 30.3 Å². The van der Waals surface area contributed by atoms with Gasteiger partial charge in [0.2, 0.25) is 5.56 Å². The maximum atomic E-state index is 15.4. The largest absolute Gasteiger partial charge is 0.497 e. The molecule has 0 unspecified atom stereocenters. The number of rotatable bonds is 8. The van der Waals surface area contributed by atoms with E-state index in [4.69, 9.17) is 14.2 Å². The second-order valence-electron chi connectivity index (χ2n) is 12.1. The van der Waals surface area contributed by atoms with E-state index in [9.17, 15) is 4.79 Å². The number of aromatic nitrogens is 1. The molecule has 3 aliphatic rings. The number of nitrogens with one attached hydrogen (secondary N) is 2. The van der Waals surface area contributed by atoms with E-state index in [0.29, 0.717) is 56.0 Å². The molecule has 0 bridgehead atoms. The summed E-state index contributed by atoms with van der Waals surface area (Å²) >= 11 is 0. The monoisotopic (exact) mass is 610 g/mol. The molecule has 4 aromatic rings. The van der Waals surface area contributed by atoms with Gasteiger partial charge in [-0.1, -0.05) is 18.2 Å². The molecule has 2 N–H and O–H groups in total. The topological polar surface area (TPSA) is 79.1 Å². The number of piperidine rings is 1. The Labute approximate surface area is 262 Å². The molecule has 8 nitrogen and oxygen atoms in total. The van der Waals surface area contributed by atoms with Crippen molar-refractivity contribution in [3.05, 3.63) is 99.6 Å². The number of hydrogen-bond acceptors (Lipinski definition) is 7. The molecule has 45 heavy (non-hydrogen) atoms. The molecule has 2 saturated heterocycles.